The lowest BCUT2D eigenvalue weighted by molar-refractivity contribution is -0.274. The van der Waals surface area contributed by atoms with Crippen LogP contribution in [-0.2, 0) is 0 Å². The Kier molecular flexibility index (Phi) is 5.61. The molecule has 2 aromatic rings. The molecule has 3 N–H and O–H groups in total. The summed E-state index contributed by atoms with van der Waals surface area (Å²) in [6.07, 6.45) is -2.73. The summed E-state index contributed by atoms with van der Waals surface area (Å²) in [5.74, 6) is 0.728. The lowest BCUT2D eigenvalue weighted by Gasteiger charge is -2.15. The van der Waals surface area contributed by atoms with E-state index >= 15 is 0 Å². The minimum Gasteiger partial charge on any atom is -0.404 e. The van der Waals surface area contributed by atoms with Gasteiger partial charge in [-0.15, -0.1) is 13.2 Å². The van der Waals surface area contributed by atoms with Crippen molar-refractivity contribution in [3.63, 3.8) is 0 Å². The second-order valence-electron chi connectivity index (χ2n) is 6.32. The number of nitrogens with zero attached hydrogens (tertiary/aromatic N) is 2. The van der Waals surface area contributed by atoms with E-state index in [-0.39, 0.29) is 17.7 Å². The van der Waals surface area contributed by atoms with Gasteiger partial charge < -0.3 is 20.5 Å². The average Bonchev–Trinajstić information content (AvgIpc) is 3.41. The van der Waals surface area contributed by atoms with Crippen molar-refractivity contribution in [3.8, 4) is 5.75 Å². The first kappa shape index (κ1) is 19.5. The summed E-state index contributed by atoms with van der Waals surface area (Å²) >= 11 is 5.87. The van der Waals surface area contributed by atoms with Gasteiger partial charge in [0, 0.05) is 23.7 Å². The Morgan fingerprint density at radius 2 is 2.04 bits per heavy atom. The molecule has 146 valence electrons. The topological polar surface area (TPSA) is 79.3 Å². The normalized spacial score (nSPS) is 15.3. The maximum Gasteiger partial charge on any atom is 0.573 e. The molecule has 1 aromatic heterocycles. The molecule has 1 saturated carbocycles. The Morgan fingerprint density at radius 1 is 1.30 bits per heavy atom. The van der Waals surface area contributed by atoms with Gasteiger partial charge in [-0.05, 0) is 38.0 Å². The summed E-state index contributed by atoms with van der Waals surface area (Å²) in [4.78, 5) is 8.79. The molecule has 6 nitrogen and oxygen atoms in total. The lowest BCUT2D eigenvalue weighted by atomic mass is 10.2. The Balaban J connectivity index is 1.81. The van der Waals surface area contributed by atoms with E-state index in [9.17, 15) is 18.3 Å². The number of nitrogens with one attached hydrogen (secondary N) is 2. The number of aliphatic hydroxyl groups is 1. The molecule has 27 heavy (non-hydrogen) atoms. The van der Waals surface area contributed by atoms with E-state index in [1.54, 1.807) is 13.0 Å². The summed E-state index contributed by atoms with van der Waals surface area (Å²) < 4.78 is 40.9. The van der Waals surface area contributed by atoms with Crippen molar-refractivity contribution in [2.24, 2.45) is 0 Å². The maximum absolute atomic E-state index is 12.3. The number of anilines is 3. The van der Waals surface area contributed by atoms with Gasteiger partial charge in [0.05, 0.1) is 17.3 Å². The van der Waals surface area contributed by atoms with Gasteiger partial charge in [-0.25, -0.2) is 4.98 Å². The monoisotopic (exact) mass is 402 g/mol. The molecule has 0 aliphatic heterocycles. The highest BCUT2D eigenvalue weighted by molar-refractivity contribution is 6.32. The highest BCUT2D eigenvalue weighted by Crippen LogP contribution is 2.40. The molecular weight excluding hydrogens is 385 g/mol. The number of hydrogen-bond acceptors (Lipinski definition) is 6. The fraction of sp³-hybridized carbons (Fsp3) is 0.412. The van der Waals surface area contributed by atoms with Crippen LogP contribution in [0.4, 0.5) is 30.6 Å². The van der Waals surface area contributed by atoms with Crippen LogP contribution >= 0.6 is 11.6 Å². The van der Waals surface area contributed by atoms with Crippen LogP contribution in [0.1, 0.15) is 31.4 Å². The summed E-state index contributed by atoms with van der Waals surface area (Å²) in [5.41, 5.74) is 1.32. The fourth-order valence-electron chi connectivity index (χ4n) is 2.38. The van der Waals surface area contributed by atoms with E-state index in [4.69, 9.17) is 11.6 Å². The first-order valence-corrected chi connectivity index (χ1v) is 8.70. The molecule has 1 aliphatic carbocycles. The van der Waals surface area contributed by atoms with Gasteiger partial charge in [-0.1, -0.05) is 11.6 Å². The van der Waals surface area contributed by atoms with Gasteiger partial charge in [0.15, 0.2) is 0 Å². The molecule has 0 radical (unpaired) electrons. The molecule has 0 amide bonds. The summed E-state index contributed by atoms with van der Waals surface area (Å²) in [6.45, 7) is 1.72. The Morgan fingerprint density at radius 3 is 2.63 bits per heavy atom. The Bertz CT molecular complexity index is 815. The molecule has 3 rings (SSSR count). The first-order chi connectivity index (χ1) is 12.7. The van der Waals surface area contributed by atoms with Crippen molar-refractivity contribution >= 4 is 29.1 Å². The van der Waals surface area contributed by atoms with Crippen LogP contribution in [0.25, 0.3) is 0 Å². The SMILES string of the molecule is C[C@@H](CO)Nc1nc(Nc2ccc(OC(F)(F)F)c(Cl)c2)cc(C2CC2)n1. The van der Waals surface area contributed by atoms with Gasteiger partial charge in [-0.2, -0.15) is 4.98 Å². The molecule has 0 unspecified atom stereocenters. The largest absolute Gasteiger partial charge is 0.573 e. The molecule has 1 fully saturated rings. The van der Waals surface area contributed by atoms with Crippen LogP contribution in [0.5, 0.6) is 5.75 Å². The zero-order chi connectivity index (χ0) is 19.6. The zero-order valence-corrected chi connectivity index (χ0v) is 15.1. The van der Waals surface area contributed by atoms with Crippen LogP contribution in [0, 0.1) is 0 Å². The lowest BCUT2D eigenvalue weighted by Crippen LogP contribution is -2.21. The number of aromatic nitrogens is 2. The van der Waals surface area contributed by atoms with Gasteiger partial charge in [0.1, 0.15) is 11.6 Å². The van der Waals surface area contributed by atoms with Crippen LogP contribution < -0.4 is 15.4 Å². The molecule has 0 saturated heterocycles. The minimum absolute atomic E-state index is 0.0734. The third kappa shape index (κ3) is 5.61. The minimum atomic E-state index is -4.81. The maximum atomic E-state index is 12.3. The van der Waals surface area contributed by atoms with Gasteiger partial charge in [0.2, 0.25) is 5.95 Å². The van der Waals surface area contributed by atoms with Gasteiger partial charge in [-0.3, -0.25) is 0 Å². The van der Waals surface area contributed by atoms with Crippen LogP contribution in [0.3, 0.4) is 0 Å². The fourth-order valence-corrected chi connectivity index (χ4v) is 2.60. The molecule has 10 heteroatoms. The summed E-state index contributed by atoms with van der Waals surface area (Å²) in [6, 6.07) is 5.44. The highest BCUT2D eigenvalue weighted by atomic mass is 35.5. The Hall–Kier alpha value is -2.26. The van der Waals surface area contributed by atoms with Crippen molar-refractivity contribution in [1.82, 2.24) is 9.97 Å². The second kappa shape index (κ2) is 7.77. The number of benzene rings is 1. The van der Waals surface area contributed by atoms with Crippen molar-refractivity contribution < 1.29 is 23.0 Å². The molecule has 1 heterocycles. The van der Waals surface area contributed by atoms with Crippen molar-refractivity contribution in [2.45, 2.75) is 38.1 Å². The number of halogens is 4. The molecule has 1 aromatic carbocycles. The van der Waals surface area contributed by atoms with Crippen molar-refractivity contribution in [2.75, 3.05) is 17.2 Å². The highest BCUT2D eigenvalue weighted by Gasteiger charge is 2.32. The van der Waals surface area contributed by atoms with E-state index in [1.165, 1.54) is 12.1 Å². The predicted molar refractivity (Wildman–Crippen MR) is 95.6 cm³/mol. The van der Waals surface area contributed by atoms with E-state index in [2.05, 4.69) is 25.3 Å². The smallest absolute Gasteiger partial charge is 0.404 e. The summed E-state index contributed by atoms with van der Waals surface area (Å²) in [7, 11) is 0. The number of ether oxygens (including phenoxy) is 1. The summed E-state index contributed by atoms with van der Waals surface area (Å²) in [5, 5.41) is 15.0. The second-order valence-corrected chi connectivity index (χ2v) is 6.73. The van der Waals surface area contributed by atoms with Crippen molar-refractivity contribution in [3.05, 3.63) is 35.0 Å². The van der Waals surface area contributed by atoms with Crippen molar-refractivity contribution in [1.29, 1.82) is 0 Å². The standard InChI is InChI=1S/C17H18ClF3N4O2/c1-9(8-26)22-16-24-13(10-2-3-10)7-15(25-16)23-11-4-5-14(12(18)6-11)27-17(19,20)21/h4-7,9-10,26H,2-3,8H2,1H3,(H2,22,23,24,25)/t9-/m0/s1. The van der Waals surface area contributed by atoms with E-state index in [1.807, 2.05) is 0 Å². The third-order valence-electron chi connectivity index (χ3n) is 3.82. The van der Waals surface area contributed by atoms with E-state index in [0.29, 0.717) is 23.4 Å². The van der Waals surface area contributed by atoms with Crippen LogP contribution in [-0.4, -0.2) is 34.1 Å². The number of alkyl halides is 3. The third-order valence-corrected chi connectivity index (χ3v) is 4.12. The molecular formula is C17H18ClF3N4O2. The van der Waals surface area contributed by atoms with Gasteiger partial charge in [0.25, 0.3) is 0 Å². The molecule has 1 aliphatic rings. The number of rotatable bonds is 7. The van der Waals surface area contributed by atoms with Gasteiger partial charge >= 0.3 is 6.36 Å². The Labute approximate surface area is 158 Å². The number of hydrogen-bond donors (Lipinski definition) is 3. The first-order valence-electron chi connectivity index (χ1n) is 8.32. The molecule has 1 atom stereocenters. The molecule has 0 bridgehead atoms. The van der Waals surface area contributed by atoms with Crippen LogP contribution in [0.2, 0.25) is 5.02 Å². The average molecular weight is 403 g/mol. The van der Waals surface area contributed by atoms with E-state index in [0.717, 1.165) is 24.6 Å². The number of aliphatic hydroxyl groups excluding tert-OH is 1. The molecule has 0 spiro atoms. The quantitative estimate of drug-likeness (QED) is 0.635. The predicted octanol–water partition coefficient (Wildman–Crippen LogP) is 4.44. The zero-order valence-electron chi connectivity index (χ0n) is 14.3. The van der Waals surface area contributed by atoms with Crippen LogP contribution in [0.15, 0.2) is 24.3 Å². The van der Waals surface area contributed by atoms with E-state index < -0.39 is 12.1 Å².